The lowest BCUT2D eigenvalue weighted by molar-refractivity contribution is 0.0643. The first-order valence-electron chi connectivity index (χ1n) is 6.69. The summed E-state index contributed by atoms with van der Waals surface area (Å²) in [4.78, 5) is 16.7. The second-order valence-electron chi connectivity index (χ2n) is 4.79. The molecule has 1 aromatic rings. The molecule has 0 N–H and O–H groups in total. The molecule has 102 valence electrons. The Hall–Kier alpha value is -1.75. The highest BCUT2D eigenvalue weighted by molar-refractivity contribution is 5.95. The zero-order valence-corrected chi connectivity index (χ0v) is 11.1. The van der Waals surface area contributed by atoms with Gasteiger partial charge in [0.2, 0.25) is 6.79 Å². The van der Waals surface area contributed by atoms with Gasteiger partial charge in [0.15, 0.2) is 11.5 Å². The Morgan fingerprint density at radius 3 is 2.63 bits per heavy atom. The van der Waals surface area contributed by atoms with Crippen molar-refractivity contribution >= 4 is 5.91 Å². The molecule has 5 heteroatoms. The summed E-state index contributed by atoms with van der Waals surface area (Å²) in [5.41, 5.74) is 0.675. The van der Waals surface area contributed by atoms with Crippen molar-refractivity contribution in [3.63, 3.8) is 0 Å². The highest BCUT2D eigenvalue weighted by atomic mass is 16.7. The highest BCUT2D eigenvalue weighted by Crippen LogP contribution is 2.32. The van der Waals surface area contributed by atoms with Crippen LogP contribution in [0.15, 0.2) is 18.2 Å². The minimum Gasteiger partial charge on any atom is -0.454 e. The summed E-state index contributed by atoms with van der Waals surface area (Å²) in [6.07, 6.45) is 0. The van der Waals surface area contributed by atoms with Crippen molar-refractivity contribution in [1.29, 1.82) is 0 Å². The molecule has 0 aromatic heterocycles. The van der Waals surface area contributed by atoms with E-state index in [2.05, 4.69) is 11.8 Å². The van der Waals surface area contributed by atoms with Gasteiger partial charge < -0.3 is 19.3 Å². The van der Waals surface area contributed by atoms with E-state index in [9.17, 15) is 4.79 Å². The van der Waals surface area contributed by atoms with E-state index < -0.39 is 0 Å². The van der Waals surface area contributed by atoms with E-state index >= 15 is 0 Å². The van der Waals surface area contributed by atoms with E-state index in [0.717, 1.165) is 32.7 Å². The quantitative estimate of drug-likeness (QED) is 0.803. The van der Waals surface area contributed by atoms with E-state index in [0.29, 0.717) is 17.1 Å². The van der Waals surface area contributed by atoms with Crippen molar-refractivity contribution in [3.05, 3.63) is 23.8 Å². The Balaban J connectivity index is 1.70. The molecule has 2 aliphatic rings. The van der Waals surface area contributed by atoms with Crippen LogP contribution >= 0.6 is 0 Å². The summed E-state index contributed by atoms with van der Waals surface area (Å²) in [6, 6.07) is 5.39. The number of hydrogen-bond acceptors (Lipinski definition) is 4. The van der Waals surface area contributed by atoms with Crippen LogP contribution in [0.3, 0.4) is 0 Å². The molecule has 2 heterocycles. The fourth-order valence-corrected chi connectivity index (χ4v) is 2.48. The molecule has 0 radical (unpaired) electrons. The van der Waals surface area contributed by atoms with Gasteiger partial charge in [-0.1, -0.05) is 6.92 Å². The van der Waals surface area contributed by atoms with Gasteiger partial charge in [-0.15, -0.1) is 0 Å². The zero-order valence-electron chi connectivity index (χ0n) is 11.1. The first-order valence-corrected chi connectivity index (χ1v) is 6.69. The molecule has 19 heavy (non-hydrogen) atoms. The molecule has 1 amide bonds. The fourth-order valence-electron chi connectivity index (χ4n) is 2.48. The number of benzene rings is 1. The predicted molar refractivity (Wildman–Crippen MR) is 70.6 cm³/mol. The molecule has 0 bridgehead atoms. The largest absolute Gasteiger partial charge is 0.454 e. The maximum atomic E-state index is 12.4. The van der Waals surface area contributed by atoms with Crippen molar-refractivity contribution < 1.29 is 14.3 Å². The van der Waals surface area contributed by atoms with E-state index in [1.54, 1.807) is 12.1 Å². The Bertz CT molecular complexity index is 482. The summed E-state index contributed by atoms with van der Waals surface area (Å²) < 4.78 is 10.6. The molecule has 0 aliphatic carbocycles. The minimum atomic E-state index is 0.0778. The SMILES string of the molecule is CCN1CCN(C(=O)c2ccc3c(c2)OCO3)CC1. The van der Waals surface area contributed by atoms with Gasteiger partial charge >= 0.3 is 0 Å². The van der Waals surface area contributed by atoms with Crippen LogP contribution in [0.5, 0.6) is 11.5 Å². The molecule has 2 aliphatic heterocycles. The molecule has 3 rings (SSSR count). The van der Waals surface area contributed by atoms with Crippen LogP contribution in [0.25, 0.3) is 0 Å². The molecule has 1 fully saturated rings. The normalized spacial score (nSPS) is 18.7. The van der Waals surface area contributed by atoms with Gasteiger partial charge in [0.25, 0.3) is 5.91 Å². The van der Waals surface area contributed by atoms with Crippen LogP contribution < -0.4 is 9.47 Å². The molecule has 0 unspecified atom stereocenters. The second-order valence-corrected chi connectivity index (χ2v) is 4.79. The minimum absolute atomic E-state index is 0.0778. The lowest BCUT2D eigenvalue weighted by atomic mass is 10.1. The second kappa shape index (κ2) is 5.09. The number of ether oxygens (including phenoxy) is 2. The van der Waals surface area contributed by atoms with Crippen molar-refractivity contribution in [1.82, 2.24) is 9.80 Å². The lowest BCUT2D eigenvalue weighted by Gasteiger charge is -2.34. The third kappa shape index (κ3) is 2.38. The Kier molecular flexibility index (Phi) is 3.29. The number of piperazine rings is 1. The van der Waals surface area contributed by atoms with Crippen molar-refractivity contribution in [2.75, 3.05) is 39.5 Å². The van der Waals surface area contributed by atoms with Gasteiger partial charge in [-0.2, -0.15) is 0 Å². The number of hydrogen-bond donors (Lipinski definition) is 0. The van der Waals surface area contributed by atoms with Gasteiger partial charge in [0.1, 0.15) is 0 Å². The first-order chi connectivity index (χ1) is 9.28. The van der Waals surface area contributed by atoms with Gasteiger partial charge in [0, 0.05) is 31.7 Å². The molecule has 0 spiro atoms. The Morgan fingerprint density at radius 2 is 1.89 bits per heavy atom. The maximum Gasteiger partial charge on any atom is 0.254 e. The third-order valence-electron chi connectivity index (χ3n) is 3.73. The lowest BCUT2D eigenvalue weighted by Crippen LogP contribution is -2.48. The highest BCUT2D eigenvalue weighted by Gasteiger charge is 2.23. The van der Waals surface area contributed by atoms with Crippen LogP contribution in [0.2, 0.25) is 0 Å². The van der Waals surface area contributed by atoms with Crippen LogP contribution in [0, 0.1) is 0 Å². The number of rotatable bonds is 2. The van der Waals surface area contributed by atoms with Crippen molar-refractivity contribution in [2.24, 2.45) is 0 Å². The van der Waals surface area contributed by atoms with Gasteiger partial charge in [-0.05, 0) is 24.7 Å². The number of carbonyl (C=O) groups is 1. The van der Waals surface area contributed by atoms with Crippen molar-refractivity contribution in [3.8, 4) is 11.5 Å². The first kappa shape index (κ1) is 12.3. The fraction of sp³-hybridized carbons (Fsp3) is 0.500. The van der Waals surface area contributed by atoms with Gasteiger partial charge in [-0.3, -0.25) is 4.79 Å². The van der Waals surface area contributed by atoms with E-state index in [1.165, 1.54) is 0 Å². The standard InChI is InChI=1S/C14H18N2O3/c1-2-15-5-7-16(8-6-15)14(17)11-3-4-12-13(9-11)19-10-18-12/h3-4,9H,2,5-8,10H2,1H3. The molecule has 0 saturated carbocycles. The predicted octanol–water partition coefficient (Wildman–Crippen LogP) is 1.19. The van der Waals surface area contributed by atoms with E-state index in [-0.39, 0.29) is 12.7 Å². The van der Waals surface area contributed by atoms with Gasteiger partial charge in [0.05, 0.1) is 0 Å². The number of nitrogens with zero attached hydrogens (tertiary/aromatic N) is 2. The molecule has 0 atom stereocenters. The molecular weight excluding hydrogens is 244 g/mol. The van der Waals surface area contributed by atoms with E-state index in [4.69, 9.17) is 9.47 Å². The number of fused-ring (bicyclic) bond motifs is 1. The summed E-state index contributed by atoms with van der Waals surface area (Å²) in [7, 11) is 0. The van der Waals surface area contributed by atoms with Crippen LogP contribution in [-0.4, -0.2) is 55.2 Å². The van der Waals surface area contributed by atoms with Crippen LogP contribution in [-0.2, 0) is 0 Å². The molecule has 1 saturated heterocycles. The Morgan fingerprint density at radius 1 is 1.16 bits per heavy atom. The number of carbonyl (C=O) groups excluding carboxylic acids is 1. The maximum absolute atomic E-state index is 12.4. The summed E-state index contributed by atoms with van der Waals surface area (Å²) >= 11 is 0. The third-order valence-corrected chi connectivity index (χ3v) is 3.73. The number of likely N-dealkylation sites (N-methyl/N-ethyl adjacent to an activating group) is 1. The summed E-state index contributed by atoms with van der Waals surface area (Å²) in [6.45, 7) is 6.92. The average molecular weight is 262 g/mol. The van der Waals surface area contributed by atoms with Crippen LogP contribution in [0.4, 0.5) is 0 Å². The smallest absolute Gasteiger partial charge is 0.254 e. The number of amides is 1. The van der Waals surface area contributed by atoms with E-state index in [1.807, 2.05) is 11.0 Å². The summed E-state index contributed by atoms with van der Waals surface area (Å²) in [5, 5.41) is 0. The molecular formula is C14H18N2O3. The van der Waals surface area contributed by atoms with Gasteiger partial charge in [-0.25, -0.2) is 0 Å². The average Bonchev–Trinajstić information content (AvgIpc) is 2.94. The van der Waals surface area contributed by atoms with Crippen LogP contribution in [0.1, 0.15) is 17.3 Å². The Labute approximate surface area is 112 Å². The summed E-state index contributed by atoms with van der Waals surface area (Å²) in [5.74, 6) is 1.46. The molecule has 1 aromatic carbocycles. The molecule has 5 nitrogen and oxygen atoms in total. The zero-order chi connectivity index (χ0) is 13.2. The monoisotopic (exact) mass is 262 g/mol. The van der Waals surface area contributed by atoms with Crippen molar-refractivity contribution in [2.45, 2.75) is 6.92 Å². The topological polar surface area (TPSA) is 42.0 Å².